The summed E-state index contributed by atoms with van der Waals surface area (Å²) in [5.41, 5.74) is 16.9. The summed E-state index contributed by atoms with van der Waals surface area (Å²) < 4.78 is 0. The van der Waals surface area contributed by atoms with Crippen LogP contribution in [0, 0.1) is 5.92 Å². The Morgan fingerprint density at radius 1 is 0.842 bits per heavy atom. The van der Waals surface area contributed by atoms with Crippen LogP contribution in [0.2, 0.25) is 0 Å². The summed E-state index contributed by atoms with van der Waals surface area (Å²) in [6.07, 6.45) is 6.51. The van der Waals surface area contributed by atoms with Gasteiger partial charge in [-0.3, -0.25) is 9.59 Å². The normalized spacial score (nSPS) is 11.8. The van der Waals surface area contributed by atoms with Gasteiger partial charge in [0.05, 0.1) is 18.4 Å². The molecule has 0 aliphatic carbocycles. The number of amides is 2. The minimum absolute atomic E-state index is 0. The lowest BCUT2D eigenvalue weighted by Crippen LogP contribution is -2.43. The number of aryl methyl sites for hydroxylation is 2. The van der Waals surface area contributed by atoms with Crippen LogP contribution in [0.3, 0.4) is 0 Å². The van der Waals surface area contributed by atoms with E-state index in [9.17, 15) is 14.4 Å². The molecule has 2 rings (SSSR count). The number of rotatable bonds is 15. The Morgan fingerprint density at radius 2 is 1.42 bits per heavy atom. The van der Waals surface area contributed by atoms with E-state index < -0.39 is 23.8 Å². The molecule has 0 saturated heterocycles. The fraction of sp³-hybridized carbons (Fsp3) is 0.464. The molecule has 8 nitrogen and oxygen atoms in total. The van der Waals surface area contributed by atoms with Crippen molar-refractivity contribution in [3.05, 3.63) is 71.3 Å². The molecule has 2 atom stereocenters. The zero-order valence-electron chi connectivity index (χ0n) is 22.0. The maximum absolute atomic E-state index is 12.2. The van der Waals surface area contributed by atoms with E-state index in [0.29, 0.717) is 13.0 Å². The van der Waals surface area contributed by atoms with Gasteiger partial charge in [0.25, 0.3) is 5.91 Å². The van der Waals surface area contributed by atoms with Crippen molar-refractivity contribution >= 4 is 42.6 Å². The third kappa shape index (κ3) is 14.3. The molecule has 0 saturated carbocycles. The zero-order valence-corrected chi connectivity index (χ0v) is 23.7. The third-order valence-electron chi connectivity index (χ3n) is 5.97. The van der Waals surface area contributed by atoms with E-state index in [-0.39, 0.29) is 43.7 Å². The van der Waals surface area contributed by atoms with E-state index in [0.717, 1.165) is 44.1 Å². The Labute approximate surface area is 238 Å². The summed E-state index contributed by atoms with van der Waals surface area (Å²) >= 11 is 0. The number of hydrogen-bond acceptors (Lipinski definition) is 6. The van der Waals surface area contributed by atoms with Gasteiger partial charge in [-0.05, 0) is 61.8 Å². The van der Waals surface area contributed by atoms with Crippen LogP contribution in [0.1, 0.15) is 55.7 Å². The molecule has 2 aromatic carbocycles. The summed E-state index contributed by atoms with van der Waals surface area (Å²) in [5, 5.41) is 2.64. The highest BCUT2D eigenvalue weighted by atomic mass is 35.5. The van der Waals surface area contributed by atoms with Gasteiger partial charge in [0.15, 0.2) is 0 Å². The van der Waals surface area contributed by atoms with Gasteiger partial charge in [0.2, 0.25) is 5.91 Å². The van der Waals surface area contributed by atoms with E-state index in [1.807, 2.05) is 30.3 Å². The van der Waals surface area contributed by atoms with E-state index in [4.69, 9.17) is 16.3 Å². The predicted molar refractivity (Wildman–Crippen MR) is 155 cm³/mol. The molecule has 212 valence electrons. The molecule has 6 N–H and O–H groups in total. The van der Waals surface area contributed by atoms with Crippen LogP contribution in [0.4, 0.5) is 0 Å². The van der Waals surface area contributed by atoms with Crippen LogP contribution in [0.5, 0.6) is 0 Å². The highest BCUT2D eigenvalue weighted by molar-refractivity contribution is 5.85. The Balaban J connectivity index is 0.00000684. The van der Waals surface area contributed by atoms with Crippen LogP contribution in [-0.4, -0.2) is 36.9 Å². The number of carbonyl (C=O) groups excluding carboxylic acids is 3. The lowest BCUT2D eigenvalue weighted by Gasteiger charge is -2.15. The van der Waals surface area contributed by atoms with Crippen molar-refractivity contribution in [1.82, 2.24) is 10.8 Å². The molecular weight excluding hydrogens is 527 g/mol. The highest BCUT2D eigenvalue weighted by Gasteiger charge is 2.19. The summed E-state index contributed by atoms with van der Waals surface area (Å²) in [6.45, 7) is 2.24. The molecule has 0 aliphatic heterocycles. The van der Waals surface area contributed by atoms with Gasteiger partial charge in [0.1, 0.15) is 0 Å². The molecule has 0 heterocycles. The molecule has 0 unspecified atom stereocenters. The molecule has 0 aliphatic rings. The number of hydroxylamine groups is 1. The van der Waals surface area contributed by atoms with Crippen molar-refractivity contribution in [3.8, 4) is 0 Å². The zero-order chi connectivity index (χ0) is 26.2. The molecular formula is C28H42Cl2N4O4. The molecule has 38 heavy (non-hydrogen) atoms. The first-order valence-corrected chi connectivity index (χ1v) is 12.7. The van der Waals surface area contributed by atoms with Crippen molar-refractivity contribution in [1.29, 1.82) is 0 Å². The Bertz CT molecular complexity index is 946. The maximum Gasteiger partial charge on any atom is 0.336 e. The molecule has 2 aromatic rings. The second kappa shape index (κ2) is 20.3. The number of benzene rings is 2. The van der Waals surface area contributed by atoms with Gasteiger partial charge < -0.3 is 21.6 Å². The first-order valence-electron chi connectivity index (χ1n) is 12.7. The van der Waals surface area contributed by atoms with Gasteiger partial charge in [-0.2, -0.15) is 5.48 Å². The lowest BCUT2D eigenvalue weighted by molar-refractivity contribution is -0.161. The molecule has 0 spiro atoms. The Hall–Kier alpha value is -2.65. The lowest BCUT2D eigenvalue weighted by atomic mass is 10.0. The second-order valence-electron chi connectivity index (χ2n) is 9.17. The number of halogens is 2. The summed E-state index contributed by atoms with van der Waals surface area (Å²) in [4.78, 5) is 41.2. The second-order valence-corrected chi connectivity index (χ2v) is 9.17. The molecule has 0 bridgehead atoms. The van der Waals surface area contributed by atoms with Crippen LogP contribution in [0.15, 0.2) is 54.6 Å². The Kier molecular flexibility index (Phi) is 18.9. The maximum atomic E-state index is 12.2. The number of hydrogen-bond donors (Lipinski definition) is 4. The Morgan fingerprint density at radius 3 is 2.03 bits per heavy atom. The van der Waals surface area contributed by atoms with E-state index in [1.54, 1.807) is 6.92 Å². The number of nitrogens with one attached hydrogen (secondary N) is 2. The van der Waals surface area contributed by atoms with E-state index >= 15 is 0 Å². The SMILES string of the molecule is C[C@H](CNC(=O)[C@H](N)CCCCN)C(=O)ONC(=O)Cc1ccc(CCCCc2ccccc2)cc1.Cl.Cl. The van der Waals surface area contributed by atoms with Crippen molar-refractivity contribution in [2.75, 3.05) is 13.1 Å². The molecule has 2 amide bonds. The topological polar surface area (TPSA) is 137 Å². The number of unbranched alkanes of at least 4 members (excludes halogenated alkanes) is 2. The van der Waals surface area contributed by atoms with Gasteiger partial charge in [0, 0.05) is 6.54 Å². The van der Waals surface area contributed by atoms with Gasteiger partial charge in [-0.15, -0.1) is 24.8 Å². The fourth-order valence-electron chi connectivity index (χ4n) is 3.66. The molecule has 0 aromatic heterocycles. The van der Waals surface area contributed by atoms with Gasteiger partial charge in [-0.25, -0.2) is 4.79 Å². The highest BCUT2D eigenvalue weighted by Crippen LogP contribution is 2.11. The quantitative estimate of drug-likeness (QED) is 0.192. The predicted octanol–water partition coefficient (Wildman–Crippen LogP) is 3.42. The standard InChI is InChI=1S/C28H40N4O4.2ClH/c1-21(20-31-27(34)25(30)13-7-8-18-29)28(35)36-32-26(33)19-24-16-14-23(15-17-24)12-6-5-11-22-9-3-2-4-10-22;;/h2-4,9-10,14-17,21,25H,5-8,11-13,18-20,29-30H2,1H3,(H,31,34)(H,32,33);2*1H/t21-,25-;;/m1../s1. The van der Waals surface area contributed by atoms with Gasteiger partial charge in [-0.1, -0.05) is 67.9 Å². The average Bonchev–Trinajstić information content (AvgIpc) is 2.89. The summed E-state index contributed by atoms with van der Waals surface area (Å²) in [7, 11) is 0. The van der Waals surface area contributed by atoms with Crippen molar-refractivity contribution < 1.29 is 19.2 Å². The van der Waals surface area contributed by atoms with Crippen LogP contribution in [0.25, 0.3) is 0 Å². The van der Waals surface area contributed by atoms with E-state index in [2.05, 4.69) is 35.1 Å². The summed E-state index contributed by atoms with van der Waals surface area (Å²) in [6, 6.07) is 17.7. The largest absolute Gasteiger partial charge is 0.354 e. The smallest absolute Gasteiger partial charge is 0.336 e. The van der Waals surface area contributed by atoms with Crippen LogP contribution < -0.4 is 22.3 Å². The molecule has 10 heteroatoms. The number of nitrogens with two attached hydrogens (primary N) is 2. The first kappa shape index (κ1) is 35.4. The van der Waals surface area contributed by atoms with E-state index in [1.165, 1.54) is 11.1 Å². The van der Waals surface area contributed by atoms with Crippen molar-refractivity contribution in [2.24, 2.45) is 17.4 Å². The first-order chi connectivity index (χ1) is 17.4. The number of carbonyl (C=O) groups is 3. The molecule has 0 fully saturated rings. The minimum Gasteiger partial charge on any atom is -0.354 e. The van der Waals surface area contributed by atoms with Crippen LogP contribution >= 0.6 is 24.8 Å². The monoisotopic (exact) mass is 568 g/mol. The minimum atomic E-state index is -0.639. The van der Waals surface area contributed by atoms with Crippen molar-refractivity contribution in [2.45, 2.75) is 64.3 Å². The van der Waals surface area contributed by atoms with Gasteiger partial charge >= 0.3 is 5.97 Å². The average molecular weight is 570 g/mol. The fourth-order valence-corrected chi connectivity index (χ4v) is 3.66. The third-order valence-corrected chi connectivity index (χ3v) is 5.97. The van der Waals surface area contributed by atoms with Crippen LogP contribution in [-0.2, 0) is 38.5 Å². The van der Waals surface area contributed by atoms with Crippen molar-refractivity contribution in [3.63, 3.8) is 0 Å². The molecule has 0 radical (unpaired) electrons. The summed E-state index contributed by atoms with van der Waals surface area (Å²) in [5.74, 6) is -2.01.